The second-order valence-corrected chi connectivity index (χ2v) is 4.29. The summed E-state index contributed by atoms with van der Waals surface area (Å²) >= 11 is 0. The van der Waals surface area contributed by atoms with Crippen molar-refractivity contribution in [3.8, 4) is 0 Å². The molecule has 4 nitrogen and oxygen atoms in total. The largest absolute Gasteiger partial charge is 0.384 e. The van der Waals surface area contributed by atoms with E-state index in [-0.39, 0.29) is 5.41 Å². The van der Waals surface area contributed by atoms with Crippen LogP contribution in [0, 0.1) is 5.41 Å². The van der Waals surface area contributed by atoms with Gasteiger partial charge in [0.25, 0.3) is 0 Å². The fourth-order valence-corrected chi connectivity index (χ4v) is 2.33. The summed E-state index contributed by atoms with van der Waals surface area (Å²) in [6.45, 7) is 2.22. The maximum atomic E-state index is 10.4. The molecule has 1 rings (SSSR count). The van der Waals surface area contributed by atoms with Crippen LogP contribution < -0.4 is 5.73 Å². The van der Waals surface area contributed by atoms with Crippen LogP contribution in [0.4, 0.5) is 0 Å². The Morgan fingerprint density at radius 1 is 1.43 bits per heavy atom. The molecule has 0 heterocycles. The lowest BCUT2D eigenvalue weighted by Crippen LogP contribution is -2.61. The van der Waals surface area contributed by atoms with Gasteiger partial charge in [0, 0.05) is 26.2 Å². The molecule has 1 saturated carbocycles. The molecular formula is C10H21NO3. The highest BCUT2D eigenvalue weighted by atomic mass is 16.7. The molecule has 0 aromatic rings. The summed E-state index contributed by atoms with van der Waals surface area (Å²) in [7, 11) is 3.07. The Morgan fingerprint density at radius 3 is 2.14 bits per heavy atom. The van der Waals surface area contributed by atoms with Gasteiger partial charge in [-0.05, 0) is 19.8 Å². The first-order valence-electron chi connectivity index (χ1n) is 5.02. The van der Waals surface area contributed by atoms with E-state index >= 15 is 0 Å². The summed E-state index contributed by atoms with van der Waals surface area (Å²) in [4.78, 5) is 0. The number of rotatable bonds is 5. The predicted octanol–water partition coefficient (Wildman–Crippen LogP) is 0.485. The van der Waals surface area contributed by atoms with Crippen molar-refractivity contribution in [3.63, 3.8) is 0 Å². The van der Waals surface area contributed by atoms with E-state index in [0.717, 1.165) is 19.3 Å². The van der Waals surface area contributed by atoms with Crippen molar-refractivity contribution in [2.75, 3.05) is 20.8 Å². The van der Waals surface area contributed by atoms with E-state index in [0.29, 0.717) is 6.54 Å². The van der Waals surface area contributed by atoms with Gasteiger partial charge in [0.2, 0.25) is 0 Å². The van der Waals surface area contributed by atoms with Gasteiger partial charge in [-0.25, -0.2) is 0 Å². The standard InChI is InChI=1S/C10H21NO3/c1-9(12,8(13-2)14-3)10(7-11)5-4-6-10/h8,12H,4-7,11H2,1-3H3. The summed E-state index contributed by atoms with van der Waals surface area (Å²) in [6, 6.07) is 0. The zero-order valence-electron chi connectivity index (χ0n) is 9.25. The highest BCUT2D eigenvalue weighted by Gasteiger charge is 2.54. The lowest BCUT2D eigenvalue weighted by atomic mass is 9.59. The van der Waals surface area contributed by atoms with Crippen LogP contribution in [-0.4, -0.2) is 37.8 Å². The van der Waals surface area contributed by atoms with Crippen molar-refractivity contribution in [2.24, 2.45) is 11.1 Å². The van der Waals surface area contributed by atoms with E-state index < -0.39 is 11.9 Å². The molecule has 0 aromatic heterocycles. The van der Waals surface area contributed by atoms with Gasteiger partial charge >= 0.3 is 0 Å². The normalized spacial score (nSPS) is 24.4. The molecule has 0 radical (unpaired) electrons. The Kier molecular flexibility index (Phi) is 3.53. The number of hydrogen-bond acceptors (Lipinski definition) is 4. The third-order valence-electron chi connectivity index (χ3n) is 3.66. The molecule has 84 valence electrons. The smallest absolute Gasteiger partial charge is 0.185 e. The molecule has 1 aliphatic carbocycles. The van der Waals surface area contributed by atoms with E-state index in [1.165, 1.54) is 14.2 Å². The first-order chi connectivity index (χ1) is 6.54. The molecule has 0 aliphatic heterocycles. The van der Waals surface area contributed by atoms with Gasteiger partial charge in [-0.1, -0.05) is 6.42 Å². The predicted molar refractivity (Wildman–Crippen MR) is 53.8 cm³/mol. The molecule has 0 bridgehead atoms. The molecule has 4 heteroatoms. The van der Waals surface area contributed by atoms with E-state index in [4.69, 9.17) is 15.2 Å². The molecular weight excluding hydrogens is 182 g/mol. The number of methoxy groups -OCH3 is 2. The van der Waals surface area contributed by atoms with Crippen LogP contribution in [0.3, 0.4) is 0 Å². The Balaban J connectivity index is 2.80. The third-order valence-corrected chi connectivity index (χ3v) is 3.66. The summed E-state index contributed by atoms with van der Waals surface area (Å²) in [6.07, 6.45) is 2.40. The number of hydrogen-bond donors (Lipinski definition) is 2. The maximum Gasteiger partial charge on any atom is 0.185 e. The van der Waals surface area contributed by atoms with Crippen molar-refractivity contribution in [2.45, 2.75) is 38.1 Å². The summed E-state index contributed by atoms with van der Waals surface area (Å²) in [5, 5.41) is 10.4. The molecule has 0 saturated heterocycles. The van der Waals surface area contributed by atoms with E-state index in [1.54, 1.807) is 6.92 Å². The van der Waals surface area contributed by atoms with Crippen LogP contribution in [0.1, 0.15) is 26.2 Å². The molecule has 1 aliphatic rings. The zero-order chi connectivity index (χ0) is 10.8. The lowest BCUT2D eigenvalue weighted by Gasteiger charge is -2.53. The van der Waals surface area contributed by atoms with Crippen LogP contribution in [-0.2, 0) is 9.47 Å². The highest BCUT2D eigenvalue weighted by Crippen LogP contribution is 2.50. The number of ether oxygens (including phenoxy) is 2. The van der Waals surface area contributed by atoms with Crippen molar-refractivity contribution in [1.29, 1.82) is 0 Å². The SMILES string of the molecule is COC(OC)C(C)(O)C1(CN)CCC1. The molecule has 0 spiro atoms. The Hall–Kier alpha value is -0.160. The van der Waals surface area contributed by atoms with Crippen molar-refractivity contribution >= 4 is 0 Å². The van der Waals surface area contributed by atoms with Gasteiger partial charge < -0.3 is 20.3 Å². The van der Waals surface area contributed by atoms with E-state index in [1.807, 2.05) is 0 Å². The Morgan fingerprint density at radius 2 is 1.93 bits per heavy atom. The van der Waals surface area contributed by atoms with Gasteiger partial charge in [0.05, 0.1) is 0 Å². The molecule has 3 N–H and O–H groups in total. The van der Waals surface area contributed by atoms with Crippen molar-refractivity contribution in [1.82, 2.24) is 0 Å². The first-order valence-corrected chi connectivity index (χ1v) is 5.02. The Labute approximate surface area is 85.4 Å². The fourth-order valence-electron chi connectivity index (χ4n) is 2.33. The number of nitrogens with two attached hydrogens (primary N) is 1. The minimum absolute atomic E-state index is 0.232. The van der Waals surface area contributed by atoms with Crippen LogP contribution >= 0.6 is 0 Å². The summed E-state index contributed by atoms with van der Waals surface area (Å²) in [5.41, 5.74) is 4.49. The lowest BCUT2D eigenvalue weighted by molar-refractivity contribution is -0.264. The third kappa shape index (κ3) is 1.56. The highest BCUT2D eigenvalue weighted by molar-refractivity contribution is 5.04. The van der Waals surface area contributed by atoms with E-state index in [9.17, 15) is 5.11 Å². The van der Waals surface area contributed by atoms with Crippen molar-refractivity contribution < 1.29 is 14.6 Å². The van der Waals surface area contributed by atoms with Crippen LogP contribution in [0.15, 0.2) is 0 Å². The molecule has 1 atom stereocenters. The molecule has 0 aromatic carbocycles. The second kappa shape index (κ2) is 4.14. The maximum absolute atomic E-state index is 10.4. The second-order valence-electron chi connectivity index (χ2n) is 4.29. The zero-order valence-corrected chi connectivity index (χ0v) is 9.25. The average Bonchev–Trinajstić information content (AvgIpc) is 2.04. The summed E-state index contributed by atoms with van der Waals surface area (Å²) < 4.78 is 10.2. The molecule has 1 unspecified atom stereocenters. The van der Waals surface area contributed by atoms with Gasteiger partial charge in [0.15, 0.2) is 6.29 Å². The van der Waals surface area contributed by atoms with Crippen LogP contribution in [0.2, 0.25) is 0 Å². The molecule has 0 amide bonds. The average molecular weight is 203 g/mol. The first kappa shape index (κ1) is 11.9. The van der Waals surface area contributed by atoms with Gasteiger partial charge in [0.1, 0.15) is 5.60 Å². The van der Waals surface area contributed by atoms with Crippen LogP contribution in [0.5, 0.6) is 0 Å². The summed E-state index contributed by atoms with van der Waals surface area (Å²) in [5.74, 6) is 0. The quantitative estimate of drug-likeness (QED) is 0.638. The Bertz CT molecular complexity index is 180. The minimum atomic E-state index is -1.01. The fraction of sp³-hybridized carbons (Fsp3) is 1.00. The minimum Gasteiger partial charge on any atom is -0.384 e. The molecule has 14 heavy (non-hydrogen) atoms. The monoisotopic (exact) mass is 203 g/mol. The topological polar surface area (TPSA) is 64.7 Å². The van der Waals surface area contributed by atoms with Crippen LogP contribution in [0.25, 0.3) is 0 Å². The number of aliphatic hydroxyl groups is 1. The molecule has 1 fully saturated rings. The van der Waals surface area contributed by atoms with Gasteiger partial charge in [-0.15, -0.1) is 0 Å². The van der Waals surface area contributed by atoms with Gasteiger partial charge in [-0.3, -0.25) is 0 Å². The van der Waals surface area contributed by atoms with E-state index in [2.05, 4.69) is 0 Å². The van der Waals surface area contributed by atoms with Crippen molar-refractivity contribution in [3.05, 3.63) is 0 Å². The van der Waals surface area contributed by atoms with Gasteiger partial charge in [-0.2, -0.15) is 0 Å².